The Kier molecular flexibility index (Phi) is 5.78. The van der Waals surface area contributed by atoms with Gasteiger partial charge in [-0.25, -0.2) is 0 Å². The Labute approximate surface area is 150 Å². The topological polar surface area (TPSA) is 58.2 Å². The Hall–Kier alpha value is -2.14. The molecular formula is C19H21BrN2O2. The van der Waals surface area contributed by atoms with Gasteiger partial charge in [0.05, 0.1) is 6.42 Å². The Morgan fingerprint density at radius 3 is 2.25 bits per heavy atom. The fourth-order valence-electron chi connectivity index (χ4n) is 2.29. The first kappa shape index (κ1) is 18.2. The van der Waals surface area contributed by atoms with Gasteiger partial charge in [-0.3, -0.25) is 20.4 Å². The molecule has 0 bridgehead atoms. The first-order valence-corrected chi connectivity index (χ1v) is 8.50. The fourth-order valence-corrected chi connectivity index (χ4v) is 3.26. The third-order valence-electron chi connectivity index (χ3n) is 3.56. The maximum absolute atomic E-state index is 12.2. The van der Waals surface area contributed by atoms with E-state index in [0.29, 0.717) is 5.56 Å². The van der Waals surface area contributed by atoms with E-state index in [9.17, 15) is 9.59 Å². The highest BCUT2D eigenvalue weighted by Crippen LogP contribution is 2.30. The SMILES string of the molecule is CC(C)(C)c1ccc(C(=O)NNC(=O)Cc2ccccc2)cc1Br. The van der Waals surface area contributed by atoms with Gasteiger partial charge < -0.3 is 0 Å². The van der Waals surface area contributed by atoms with Crippen molar-refractivity contribution in [2.75, 3.05) is 0 Å². The minimum absolute atomic E-state index is 0.0161. The number of hydrogen-bond acceptors (Lipinski definition) is 2. The minimum Gasteiger partial charge on any atom is -0.273 e. The van der Waals surface area contributed by atoms with Crippen molar-refractivity contribution >= 4 is 27.7 Å². The molecule has 2 rings (SSSR count). The molecule has 0 atom stereocenters. The summed E-state index contributed by atoms with van der Waals surface area (Å²) in [5.74, 6) is -0.613. The van der Waals surface area contributed by atoms with Crippen LogP contribution in [0.5, 0.6) is 0 Å². The normalized spacial score (nSPS) is 11.0. The van der Waals surface area contributed by atoms with E-state index in [-0.39, 0.29) is 23.7 Å². The van der Waals surface area contributed by atoms with Crippen molar-refractivity contribution in [3.05, 3.63) is 69.7 Å². The van der Waals surface area contributed by atoms with Gasteiger partial charge >= 0.3 is 0 Å². The molecule has 0 heterocycles. The lowest BCUT2D eigenvalue weighted by Gasteiger charge is -2.21. The van der Waals surface area contributed by atoms with Gasteiger partial charge in [0, 0.05) is 10.0 Å². The lowest BCUT2D eigenvalue weighted by Crippen LogP contribution is -2.42. The van der Waals surface area contributed by atoms with Crippen LogP contribution in [-0.4, -0.2) is 11.8 Å². The predicted molar refractivity (Wildman–Crippen MR) is 98.6 cm³/mol. The number of halogens is 1. The Morgan fingerprint density at radius 2 is 1.67 bits per heavy atom. The Morgan fingerprint density at radius 1 is 1.00 bits per heavy atom. The maximum atomic E-state index is 12.2. The van der Waals surface area contributed by atoms with Crippen LogP contribution in [0.25, 0.3) is 0 Å². The van der Waals surface area contributed by atoms with Crippen LogP contribution < -0.4 is 10.9 Å². The summed E-state index contributed by atoms with van der Waals surface area (Å²) in [4.78, 5) is 24.0. The zero-order chi connectivity index (χ0) is 17.7. The number of amides is 2. The summed E-state index contributed by atoms with van der Waals surface area (Å²) in [7, 11) is 0. The number of hydrazine groups is 1. The van der Waals surface area contributed by atoms with Gasteiger partial charge in [0.25, 0.3) is 5.91 Å². The van der Waals surface area contributed by atoms with Crippen LogP contribution in [0, 0.1) is 0 Å². The van der Waals surface area contributed by atoms with Gasteiger partial charge in [0.1, 0.15) is 0 Å². The van der Waals surface area contributed by atoms with Crippen LogP contribution in [0.15, 0.2) is 53.0 Å². The molecule has 2 aromatic carbocycles. The summed E-state index contributed by atoms with van der Waals surface area (Å²) in [5.41, 5.74) is 7.36. The molecule has 126 valence electrons. The highest BCUT2D eigenvalue weighted by atomic mass is 79.9. The van der Waals surface area contributed by atoms with E-state index in [1.54, 1.807) is 12.1 Å². The lowest BCUT2D eigenvalue weighted by molar-refractivity contribution is -0.121. The van der Waals surface area contributed by atoms with Crippen molar-refractivity contribution in [2.24, 2.45) is 0 Å². The van der Waals surface area contributed by atoms with Gasteiger partial charge in [0.15, 0.2) is 0 Å². The van der Waals surface area contributed by atoms with E-state index in [0.717, 1.165) is 15.6 Å². The minimum atomic E-state index is -0.349. The van der Waals surface area contributed by atoms with Crippen molar-refractivity contribution in [1.82, 2.24) is 10.9 Å². The summed E-state index contributed by atoms with van der Waals surface area (Å²) in [6.07, 6.45) is 0.216. The van der Waals surface area contributed by atoms with Crippen LogP contribution in [0.4, 0.5) is 0 Å². The van der Waals surface area contributed by atoms with Crippen LogP contribution in [0.1, 0.15) is 42.3 Å². The molecule has 2 amide bonds. The number of carbonyl (C=O) groups excluding carboxylic acids is 2. The van der Waals surface area contributed by atoms with E-state index in [1.807, 2.05) is 36.4 Å². The zero-order valence-electron chi connectivity index (χ0n) is 14.0. The molecule has 0 aliphatic carbocycles. The summed E-state index contributed by atoms with van der Waals surface area (Å²) in [5, 5.41) is 0. The molecule has 5 heteroatoms. The standard InChI is InChI=1S/C19H21BrN2O2/c1-19(2,3)15-10-9-14(12-16(15)20)18(24)22-21-17(23)11-13-7-5-4-6-8-13/h4-10,12H,11H2,1-3H3,(H,21,23)(H,22,24). The van der Waals surface area contributed by atoms with Crippen LogP contribution >= 0.6 is 15.9 Å². The quantitative estimate of drug-likeness (QED) is 0.786. The predicted octanol–water partition coefficient (Wildman–Crippen LogP) is 3.75. The second kappa shape index (κ2) is 7.62. The molecule has 0 unspecified atom stereocenters. The molecule has 2 aromatic rings. The van der Waals surface area contributed by atoms with Crippen LogP contribution in [-0.2, 0) is 16.6 Å². The van der Waals surface area contributed by atoms with Crippen molar-refractivity contribution in [3.8, 4) is 0 Å². The second-order valence-electron chi connectivity index (χ2n) is 6.61. The van der Waals surface area contributed by atoms with Gasteiger partial charge in [-0.2, -0.15) is 0 Å². The fraction of sp³-hybridized carbons (Fsp3) is 0.263. The number of carbonyl (C=O) groups is 2. The number of benzene rings is 2. The molecule has 2 N–H and O–H groups in total. The largest absolute Gasteiger partial charge is 0.273 e. The first-order valence-electron chi connectivity index (χ1n) is 7.70. The van der Waals surface area contributed by atoms with Crippen molar-refractivity contribution in [1.29, 1.82) is 0 Å². The molecule has 0 saturated heterocycles. The average molecular weight is 389 g/mol. The van der Waals surface area contributed by atoms with Gasteiger partial charge in [-0.15, -0.1) is 0 Å². The molecule has 0 saturated carbocycles. The summed E-state index contributed by atoms with van der Waals surface area (Å²) in [6.45, 7) is 6.32. The molecule has 24 heavy (non-hydrogen) atoms. The third kappa shape index (κ3) is 4.93. The molecule has 0 fully saturated rings. The van der Waals surface area contributed by atoms with Crippen molar-refractivity contribution in [3.63, 3.8) is 0 Å². The maximum Gasteiger partial charge on any atom is 0.269 e. The van der Waals surface area contributed by atoms with Crippen molar-refractivity contribution in [2.45, 2.75) is 32.6 Å². The van der Waals surface area contributed by atoms with E-state index >= 15 is 0 Å². The number of rotatable bonds is 3. The average Bonchev–Trinajstić information content (AvgIpc) is 2.52. The van der Waals surface area contributed by atoms with Crippen LogP contribution in [0.3, 0.4) is 0 Å². The first-order chi connectivity index (χ1) is 11.3. The number of nitrogens with one attached hydrogen (secondary N) is 2. The van der Waals surface area contributed by atoms with E-state index in [2.05, 4.69) is 47.6 Å². The smallest absolute Gasteiger partial charge is 0.269 e. The molecule has 0 aliphatic heterocycles. The molecule has 0 spiro atoms. The highest BCUT2D eigenvalue weighted by Gasteiger charge is 2.18. The molecule has 0 radical (unpaired) electrons. The summed E-state index contributed by atoms with van der Waals surface area (Å²) in [6, 6.07) is 14.8. The molecule has 0 aliphatic rings. The summed E-state index contributed by atoms with van der Waals surface area (Å²) >= 11 is 3.51. The molecule has 4 nitrogen and oxygen atoms in total. The van der Waals surface area contributed by atoms with Gasteiger partial charge in [0.2, 0.25) is 5.91 Å². The Bertz CT molecular complexity index is 737. The molecule has 0 aromatic heterocycles. The summed E-state index contributed by atoms with van der Waals surface area (Å²) < 4.78 is 0.873. The zero-order valence-corrected chi connectivity index (χ0v) is 15.6. The highest BCUT2D eigenvalue weighted by molar-refractivity contribution is 9.10. The third-order valence-corrected chi connectivity index (χ3v) is 4.22. The van der Waals surface area contributed by atoms with Crippen molar-refractivity contribution < 1.29 is 9.59 Å². The Balaban J connectivity index is 1.95. The van der Waals surface area contributed by atoms with Gasteiger partial charge in [-0.05, 0) is 28.7 Å². The van der Waals surface area contributed by atoms with E-state index in [4.69, 9.17) is 0 Å². The molecular weight excluding hydrogens is 368 g/mol. The van der Waals surface area contributed by atoms with Gasteiger partial charge in [-0.1, -0.05) is 73.1 Å². The van der Waals surface area contributed by atoms with Crippen LogP contribution in [0.2, 0.25) is 0 Å². The van der Waals surface area contributed by atoms with E-state index in [1.165, 1.54) is 0 Å². The number of hydrogen-bond donors (Lipinski definition) is 2. The van der Waals surface area contributed by atoms with E-state index < -0.39 is 0 Å². The second-order valence-corrected chi connectivity index (χ2v) is 7.46. The monoisotopic (exact) mass is 388 g/mol. The lowest BCUT2D eigenvalue weighted by atomic mass is 9.86.